The fourth-order valence-electron chi connectivity index (χ4n) is 2.68. The monoisotopic (exact) mass is 346 g/mol. The minimum absolute atomic E-state index is 0.161. The minimum Gasteiger partial charge on any atom is -0.436 e. The summed E-state index contributed by atoms with van der Waals surface area (Å²) in [5.41, 5.74) is 3.81. The molecule has 0 radical (unpaired) electrons. The summed E-state index contributed by atoms with van der Waals surface area (Å²) in [7, 11) is 0. The molecule has 4 nitrogen and oxygen atoms in total. The normalized spacial score (nSPS) is 10.8. The number of rotatable bonds is 4. The first-order chi connectivity index (χ1) is 12.7. The molecule has 0 atom stereocenters. The lowest BCUT2D eigenvalue weighted by Gasteiger charge is -2.06. The van der Waals surface area contributed by atoms with Gasteiger partial charge in [0.05, 0.1) is 6.42 Å². The van der Waals surface area contributed by atoms with Crippen LogP contribution in [0.1, 0.15) is 5.56 Å². The smallest absolute Gasteiger partial charge is 0.228 e. The number of amides is 1. The van der Waals surface area contributed by atoms with Gasteiger partial charge in [0.2, 0.25) is 11.8 Å². The van der Waals surface area contributed by atoms with Gasteiger partial charge in [0.15, 0.2) is 5.58 Å². The fraction of sp³-hybridized carbons (Fsp3) is 0.0476. The maximum atomic E-state index is 12.9. The molecule has 4 rings (SSSR count). The second kappa shape index (κ2) is 6.80. The van der Waals surface area contributed by atoms with Gasteiger partial charge < -0.3 is 9.73 Å². The molecule has 0 bridgehead atoms. The number of fused-ring (bicyclic) bond motifs is 1. The van der Waals surface area contributed by atoms with Crippen molar-refractivity contribution in [3.63, 3.8) is 0 Å². The molecule has 128 valence electrons. The lowest BCUT2D eigenvalue weighted by atomic mass is 10.1. The Balaban J connectivity index is 1.45. The maximum absolute atomic E-state index is 12.9. The van der Waals surface area contributed by atoms with Crippen molar-refractivity contribution in [3.05, 3.63) is 84.2 Å². The standard InChI is InChI=1S/C21H15FN2O2/c22-16-9-5-14(6-10-16)13-20(25)23-17-11-7-15(8-12-17)21-24-18-3-1-2-4-19(18)26-21/h1-12H,13H2,(H,23,25). The van der Waals surface area contributed by atoms with E-state index in [1.54, 1.807) is 24.3 Å². The molecule has 3 aromatic carbocycles. The number of hydrogen-bond acceptors (Lipinski definition) is 3. The van der Waals surface area contributed by atoms with Crippen LogP contribution in [-0.4, -0.2) is 10.9 Å². The van der Waals surface area contributed by atoms with Gasteiger partial charge in [-0.15, -0.1) is 0 Å². The van der Waals surface area contributed by atoms with Gasteiger partial charge in [0.1, 0.15) is 11.3 Å². The van der Waals surface area contributed by atoms with E-state index in [0.29, 0.717) is 11.6 Å². The van der Waals surface area contributed by atoms with Crippen LogP contribution in [0.25, 0.3) is 22.6 Å². The Kier molecular flexibility index (Phi) is 4.19. The molecule has 1 amide bonds. The van der Waals surface area contributed by atoms with Gasteiger partial charge in [0.25, 0.3) is 0 Å². The molecule has 0 aliphatic carbocycles. The Morgan fingerprint density at radius 3 is 2.42 bits per heavy atom. The molecule has 4 aromatic rings. The van der Waals surface area contributed by atoms with Gasteiger partial charge in [-0.05, 0) is 54.1 Å². The van der Waals surface area contributed by atoms with E-state index in [0.717, 1.165) is 22.2 Å². The van der Waals surface area contributed by atoms with Crippen LogP contribution in [0.4, 0.5) is 10.1 Å². The summed E-state index contributed by atoms with van der Waals surface area (Å²) < 4.78 is 18.6. The van der Waals surface area contributed by atoms with Crippen LogP contribution < -0.4 is 5.32 Å². The third-order valence-electron chi connectivity index (χ3n) is 3.99. The van der Waals surface area contributed by atoms with E-state index in [-0.39, 0.29) is 18.1 Å². The summed E-state index contributed by atoms with van der Waals surface area (Å²) in [5.74, 6) is 0.0607. The van der Waals surface area contributed by atoms with Gasteiger partial charge in [0, 0.05) is 11.3 Å². The molecule has 26 heavy (non-hydrogen) atoms. The van der Waals surface area contributed by atoms with Crippen molar-refractivity contribution in [2.24, 2.45) is 0 Å². The zero-order valence-electron chi connectivity index (χ0n) is 13.8. The molecular formula is C21H15FN2O2. The maximum Gasteiger partial charge on any atom is 0.228 e. The summed E-state index contributed by atoms with van der Waals surface area (Å²) in [6.45, 7) is 0. The van der Waals surface area contributed by atoms with E-state index in [1.807, 2.05) is 36.4 Å². The Morgan fingerprint density at radius 1 is 0.962 bits per heavy atom. The molecule has 1 heterocycles. The number of nitrogens with zero attached hydrogens (tertiary/aromatic N) is 1. The van der Waals surface area contributed by atoms with E-state index in [2.05, 4.69) is 10.3 Å². The highest BCUT2D eigenvalue weighted by Gasteiger charge is 2.09. The Labute approximate surface area is 149 Å². The van der Waals surface area contributed by atoms with Gasteiger partial charge in [-0.2, -0.15) is 0 Å². The summed E-state index contributed by atoms with van der Waals surface area (Å²) in [6, 6.07) is 20.8. The quantitative estimate of drug-likeness (QED) is 0.577. The molecule has 0 aliphatic rings. The van der Waals surface area contributed by atoms with Crippen LogP contribution in [0.3, 0.4) is 0 Å². The third-order valence-corrected chi connectivity index (χ3v) is 3.99. The first-order valence-electron chi connectivity index (χ1n) is 8.18. The summed E-state index contributed by atoms with van der Waals surface area (Å²) >= 11 is 0. The van der Waals surface area contributed by atoms with Crippen molar-refractivity contribution >= 4 is 22.7 Å². The first-order valence-corrected chi connectivity index (χ1v) is 8.18. The largest absolute Gasteiger partial charge is 0.436 e. The zero-order chi connectivity index (χ0) is 17.9. The number of anilines is 1. The molecule has 0 unspecified atom stereocenters. The van der Waals surface area contributed by atoms with Crippen LogP contribution in [0.15, 0.2) is 77.2 Å². The molecule has 5 heteroatoms. The fourth-order valence-corrected chi connectivity index (χ4v) is 2.68. The van der Waals surface area contributed by atoms with Crippen molar-refractivity contribution in [1.29, 1.82) is 0 Å². The molecule has 0 saturated heterocycles. The predicted molar refractivity (Wildman–Crippen MR) is 98.2 cm³/mol. The van der Waals surface area contributed by atoms with Crippen LogP contribution in [0, 0.1) is 5.82 Å². The zero-order valence-corrected chi connectivity index (χ0v) is 13.8. The van der Waals surface area contributed by atoms with Crippen LogP contribution in [-0.2, 0) is 11.2 Å². The number of hydrogen-bond donors (Lipinski definition) is 1. The highest BCUT2D eigenvalue weighted by atomic mass is 19.1. The van der Waals surface area contributed by atoms with E-state index in [4.69, 9.17) is 4.42 Å². The molecule has 0 fully saturated rings. The Morgan fingerprint density at radius 2 is 1.69 bits per heavy atom. The van der Waals surface area contributed by atoms with Crippen molar-refractivity contribution < 1.29 is 13.6 Å². The van der Waals surface area contributed by atoms with E-state index in [1.165, 1.54) is 12.1 Å². The average molecular weight is 346 g/mol. The van der Waals surface area contributed by atoms with E-state index >= 15 is 0 Å². The Hall–Kier alpha value is -3.47. The molecular weight excluding hydrogens is 331 g/mol. The van der Waals surface area contributed by atoms with Crippen molar-refractivity contribution in [3.8, 4) is 11.5 Å². The number of halogens is 1. The number of carbonyl (C=O) groups excluding carboxylic acids is 1. The van der Waals surface area contributed by atoms with Crippen molar-refractivity contribution in [1.82, 2.24) is 4.98 Å². The van der Waals surface area contributed by atoms with Crippen molar-refractivity contribution in [2.45, 2.75) is 6.42 Å². The first kappa shape index (κ1) is 16.0. The summed E-state index contributed by atoms with van der Waals surface area (Å²) in [4.78, 5) is 16.6. The number of oxazole rings is 1. The highest BCUT2D eigenvalue weighted by molar-refractivity contribution is 5.92. The summed E-state index contributed by atoms with van der Waals surface area (Å²) in [5, 5.41) is 2.83. The molecule has 0 aliphatic heterocycles. The topological polar surface area (TPSA) is 55.1 Å². The average Bonchev–Trinajstić information content (AvgIpc) is 3.08. The van der Waals surface area contributed by atoms with E-state index < -0.39 is 0 Å². The van der Waals surface area contributed by atoms with Crippen molar-refractivity contribution in [2.75, 3.05) is 5.32 Å². The lowest BCUT2D eigenvalue weighted by Crippen LogP contribution is -2.14. The highest BCUT2D eigenvalue weighted by Crippen LogP contribution is 2.25. The lowest BCUT2D eigenvalue weighted by molar-refractivity contribution is -0.115. The van der Waals surface area contributed by atoms with Gasteiger partial charge in [-0.1, -0.05) is 24.3 Å². The Bertz CT molecular complexity index is 1020. The van der Waals surface area contributed by atoms with Gasteiger partial charge in [-0.25, -0.2) is 9.37 Å². The number of para-hydroxylation sites is 2. The minimum atomic E-state index is -0.316. The summed E-state index contributed by atoms with van der Waals surface area (Å²) in [6.07, 6.45) is 0.188. The molecule has 0 spiro atoms. The second-order valence-electron chi connectivity index (χ2n) is 5.92. The van der Waals surface area contributed by atoms with Gasteiger partial charge >= 0.3 is 0 Å². The molecule has 1 aromatic heterocycles. The molecule has 1 N–H and O–H groups in total. The van der Waals surface area contributed by atoms with Gasteiger partial charge in [-0.3, -0.25) is 4.79 Å². The number of nitrogens with one attached hydrogen (secondary N) is 1. The van der Waals surface area contributed by atoms with Crippen LogP contribution >= 0.6 is 0 Å². The van der Waals surface area contributed by atoms with Crippen LogP contribution in [0.2, 0.25) is 0 Å². The SMILES string of the molecule is O=C(Cc1ccc(F)cc1)Nc1ccc(-c2nc3ccccc3o2)cc1. The molecule has 0 saturated carbocycles. The number of carbonyl (C=O) groups is 1. The predicted octanol–water partition coefficient (Wildman–Crippen LogP) is 4.82. The second-order valence-corrected chi connectivity index (χ2v) is 5.92. The third kappa shape index (κ3) is 3.47. The number of aromatic nitrogens is 1. The van der Waals surface area contributed by atoms with E-state index in [9.17, 15) is 9.18 Å². The van der Waals surface area contributed by atoms with Crippen LogP contribution in [0.5, 0.6) is 0 Å². The number of benzene rings is 3.